The molecular formula is C8H8ClN3O2S. The molecule has 0 N–H and O–H groups in total. The first-order valence-electron chi connectivity index (χ1n) is 4.12. The highest BCUT2D eigenvalue weighted by atomic mass is 35.5. The second-order valence-corrected chi connectivity index (χ2v) is 5.13. The maximum Gasteiger partial charge on any atom is 0.198 e. The van der Waals surface area contributed by atoms with E-state index in [9.17, 15) is 8.42 Å². The highest BCUT2D eigenvalue weighted by Gasteiger charge is 2.20. The lowest BCUT2D eigenvalue weighted by Crippen LogP contribution is -2.12. The number of alkyl halides is 1. The Bertz CT molecular complexity index is 481. The van der Waals surface area contributed by atoms with Crippen LogP contribution >= 0.6 is 11.6 Å². The topological polar surface area (TPSA) is 83.7 Å². The predicted molar refractivity (Wildman–Crippen MR) is 54.1 cm³/mol. The molecule has 0 amide bonds. The van der Waals surface area contributed by atoms with E-state index in [1.807, 2.05) is 0 Å². The first-order chi connectivity index (χ1) is 7.11. The molecule has 5 nitrogen and oxygen atoms in total. The molecular weight excluding hydrogens is 238 g/mol. The number of sulfone groups is 1. The number of nitrogens with zero attached hydrogens (tertiary/aromatic N) is 3. The molecule has 0 aliphatic rings. The normalized spacial score (nSPS) is 10.9. The number of nitriles is 1. The van der Waals surface area contributed by atoms with Gasteiger partial charge in [-0.15, -0.1) is 16.7 Å². The van der Waals surface area contributed by atoms with E-state index >= 15 is 0 Å². The summed E-state index contributed by atoms with van der Waals surface area (Å²) >= 11 is 5.40. The van der Waals surface area contributed by atoms with E-state index < -0.39 is 9.84 Å². The smallest absolute Gasteiger partial charge is 0.198 e. The van der Waals surface area contributed by atoms with E-state index in [2.05, 4.69) is 10.2 Å². The molecule has 0 aliphatic carbocycles. The van der Waals surface area contributed by atoms with Crippen LogP contribution in [0.2, 0.25) is 0 Å². The lowest BCUT2D eigenvalue weighted by atomic mass is 10.3. The van der Waals surface area contributed by atoms with Gasteiger partial charge >= 0.3 is 0 Å². The summed E-state index contributed by atoms with van der Waals surface area (Å²) in [5, 5.41) is 15.4. The Labute approximate surface area is 92.6 Å². The van der Waals surface area contributed by atoms with Crippen molar-refractivity contribution >= 4 is 21.4 Å². The molecule has 0 spiro atoms. The van der Waals surface area contributed by atoms with Crippen LogP contribution in [0.3, 0.4) is 0 Å². The first-order valence-corrected chi connectivity index (χ1v) is 6.31. The second-order valence-electron chi connectivity index (χ2n) is 2.72. The van der Waals surface area contributed by atoms with Gasteiger partial charge in [0.15, 0.2) is 14.9 Å². The molecule has 80 valence electrons. The summed E-state index contributed by atoms with van der Waals surface area (Å²) < 4.78 is 23.3. The van der Waals surface area contributed by atoms with Gasteiger partial charge in [-0.25, -0.2) is 8.42 Å². The van der Waals surface area contributed by atoms with Gasteiger partial charge in [0.1, 0.15) is 6.07 Å². The summed E-state index contributed by atoms with van der Waals surface area (Å²) in [4.78, 5) is 0. The number of rotatable bonds is 4. The van der Waals surface area contributed by atoms with Gasteiger partial charge < -0.3 is 0 Å². The molecule has 7 heteroatoms. The molecule has 15 heavy (non-hydrogen) atoms. The molecule has 1 aromatic rings. The zero-order chi connectivity index (χ0) is 11.3. The van der Waals surface area contributed by atoms with Crippen molar-refractivity contribution in [2.24, 2.45) is 0 Å². The van der Waals surface area contributed by atoms with Gasteiger partial charge in [-0.3, -0.25) is 0 Å². The molecule has 0 radical (unpaired) electrons. The molecule has 0 saturated carbocycles. The van der Waals surface area contributed by atoms with Gasteiger partial charge in [-0.1, -0.05) is 0 Å². The van der Waals surface area contributed by atoms with E-state index in [1.54, 1.807) is 6.07 Å². The van der Waals surface area contributed by atoms with Gasteiger partial charge in [-0.2, -0.15) is 10.4 Å². The van der Waals surface area contributed by atoms with E-state index in [4.69, 9.17) is 16.9 Å². The third-order valence-corrected chi connectivity index (χ3v) is 3.63. The molecule has 0 unspecified atom stereocenters. The minimum atomic E-state index is -3.55. The van der Waals surface area contributed by atoms with E-state index in [0.717, 1.165) is 0 Å². The quantitative estimate of drug-likeness (QED) is 0.731. The highest BCUT2D eigenvalue weighted by Crippen LogP contribution is 2.12. The summed E-state index contributed by atoms with van der Waals surface area (Å²) in [7, 11) is -3.55. The van der Waals surface area contributed by atoms with Crippen LogP contribution < -0.4 is 0 Å². The summed E-state index contributed by atoms with van der Waals surface area (Å²) in [6, 6.07) is 3.08. The Morgan fingerprint density at radius 3 is 2.87 bits per heavy atom. The van der Waals surface area contributed by atoms with Crippen molar-refractivity contribution in [2.75, 3.05) is 11.6 Å². The van der Waals surface area contributed by atoms with Crippen molar-refractivity contribution in [3.63, 3.8) is 0 Å². The molecule has 0 atom stereocenters. The minimum Gasteiger partial charge on any atom is -0.222 e. The van der Waals surface area contributed by atoms with Crippen LogP contribution in [-0.4, -0.2) is 30.2 Å². The van der Waals surface area contributed by atoms with E-state index in [0.29, 0.717) is 6.42 Å². The third-order valence-electron chi connectivity index (χ3n) is 1.65. The van der Waals surface area contributed by atoms with Crippen LogP contribution in [0.5, 0.6) is 0 Å². The van der Waals surface area contributed by atoms with Crippen LogP contribution in [0.4, 0.5) is 0 Å². The van der Waals surface area contributed by atoms with Crippen LogP contribution in [0, 0.1) is 11.3 Å². The fraction of sp³-hybridized carbons (Fsp3) is 0.375. The lowest BCUT2D eigenvalue weighted by Gasteiger charge is -2.02. The zero-order valence-corrected chi connectivity index (χ0v) is 9.29. The maximum absolute atomic E-state index is 11.7. The Kier molecular flexibility index (Phi) is 4.00. The summed E-state index contributed by atoms with van der Waals surface area (Å²) in [5.41, 5.74) is 0.0135. The average Bonchev–Trinajstić information content (AvgIpc) is 2.26. The van der Waals surface area contributed by atoms with Crippen molar-refractivity contribution in [1.29, 1.82) is 5.26 Å². The number of hydrogen-bond acceptors (Lipinski definition) is 5. The minimum absolute atomic E-state index is 0.0135. The molecule has 0 saturated heterocycles. The van der Waals surface area contributed by atoms with Crippen LogP contribution in [-0.2, 0) is 9.84 Å². The molecule has 1 heterocycles. The van der Waals surface area contributed by atoms with Gasteiger partial charge in [0.25, 0.3) is 0 Å². The van der Waals surface area contributed by atoms with Crippen molar-refractivity contribution in [3.8, 4) is 6.07 Å². The lowest BCUT2D eigenvalue weighted by molar-refractivity contribution is 0.588. The Hall–Kier alpha value is -1.19. The fourth-order valence-corrected chi connectivity index (χ4v) is 2.60. The zero-order valence-electron chi connectivity index (χ0n) is 7.72. The molecule has 1 aromatic heterocycles. The summed E-state index contributed by atoms with van der Waals surface area (Å²) in [6.07, 6.45) is 1.60. The van der Waals surface area contributed by atoms with Crippen LogP contribution in [0.25, 0.3) is 0 Å². The standard InChI is InChI=1S/C8H8ClN3O2S/c9-3-1-5-15(13,14)8-7(6-10)2-4-11-12-8/h2,4H,1,3,5H2. The third kappa shape index (κ3) is 2.88. The Morgan fingerprint density at radius 1 is 1.53 bits per heavy atom. The van der Waals surface area contributed by atoms with E-state index in [1.165, 1.54) is 12.3 Å². The largest absolute Gasteiger partial charge is 0.222 e. The van der Waals surface area contributed by atoms with Crippen molar-refractivity contribution in [1.82, 2.24) is 10.2 Å². The Balaban J connectivity index is 3.11. The molecule has 0 fully saturated rings. The fourth-order valence-electron chi connectivity index (χ4n) is 0.975. The van der Waals surface area contributed by atoms with Crippen molar-refractivity contribution < 1.29 is 8.42 Å². The van der Waals surface area contributed by atoms with Gasteiger partial charge in [0, 0.05) is 5.88 Å². The first kappa shape index (κ1) is 11.9. The van der Waals surface area contributed by atoms with Gasteiger partial charge in [0.05, 0.1) is 17.5 Å². The van der Waals surface area contributed by atoms with Gasteiger partial charge in [-0.05, 0) is 12.5 Å². The average molecular weight is 246 g/mol. The highest BCUT2D eigenvalue weighted by molar-refractivity contribution is 7.91. The second kappa shape index (κ2) is 5.05. The molecule has 0 aromatic carbocycles. The van der Waals surface area contributed by atoms with Gasteiger partial charge in [0.2, 0.25) is 0 Å². The molecule has 0 aliphatic heterocycles. The summed E-state index contributed by atoms with van der Waals surface area (Å²) in [5.74, 6) is 0.130. The number of halogens is 1. The molecule has 0 bridgehead atoms. The monoisotopic (exact) mass is 245 g/mol. The van der Waals surface area contributed by atoms with Crippen molar-refractivity contribution in [3.05, 3.63) is 17.8 Å². The number of hydrogen-bond donors (Lipinski definition) is 0. The SMILES string of the molecule is N#Cc1ccnnc1S(=O)(=O)CCCCl. The Morgan fingerprint density at radius 2 is 2.27 bits per heavy atom. The van der Waals surface area contributed by atoms with Crippen LogP contribution in [0.15, 0.2) is 17.3 Å². The van der Waals surface area contributed by atoms with Crippen molar-refractivity contribution in [2.45, 2.75) is 11.4 Å². The molecule has 1 rings (SSSR count). The number of aromatic nitrogens is 2. The van der Waals surface area contributed by atoms with Crippen LogP contribution in [0.1, 0.15) is 12.0 Å². The predicted octanol–water partition coefficient (Wildman–Crippen LogP) is 0.751. The summed E-state index contributed by atoms with van der Waals surface area (Å²) in [6.45, 7) is 0. The van der Waals surface area contributed by atoms with E-state index in [-0.39, 0.29) is 22.2 Å². The maximum atomic E-state index is 11.7.